The highest BCUT2D eigenvalue weighted by Gasteiger charge is 2.23. The van der Waals surface area contributed by atoms with Gasteiger partial charge in [0.1, 0.15) is 6.10 Å². The van der Waals surface area contributed by atoms with E-state index in [2.05, 4.69) is 42.3 Å². The van der Waals surface area contributed by atoms with Gasteiger partial charge in [0.25, 0.3) is 0 Å². The molecule has 0 radical (unpaired) electrons. The number of ether oxygens (including phenoxy) is 2. The van der Waals surface area contributed by atoms with Crippen molar-refractivity contribution in [1.29, 1.82) is 0 Å². The molecule has 1 fully saturated rings. The smallest absolute Gasteiger partial charge is 0.234 e. The number of nitrogens with zero attached hydrogens (tertiary/aromatic N) is 3. The van der Waals surface area contributed by atoms with Crippen molar-refractivity contribution in [3.63, 3.8) is 0 Å². The van der Waals surface area contributed by atoms with Crippen LogP contribution in [0.5, 0.6) is 11.5 Å². The molecule has 0 unspecified atom stereocenters. The third-order valence-corrected chi connectivity index (χ3v) is 6.26. The lowest BCUT2D eigenvalue weighted by Gasteiger charge is -2.31. The molecule has 0 aliphatic carbocycles. The minimum absolute atomic E-state index is 0.0238. The lowest BCUT2D eigenvalue weighted by Crippen LogP contribution is -2.43. The van der Waals surface area contributed by atoms with Gasteiger partial charge in [0.15, 0.2) is 11.5 Å². The number of hydrogen-bond acceptors (Lipinski definition) is 5. The zero-order chi connectivity index (χ0) is 25.3. The van der Waals surface area contributed by atoms with Crippen LogP contribution >= 0.6 is 0 Å². The van der Waals surface area contributed by atoms with Crippen molar-refractivity contribution in [3.8, 4) is 17.2 Å². The number of amides is 1. The summed E-state index contributed by atoms with van der Waals surface area (Å²) in [6.07, 6.45) is 2.83. The normalized spacial score (nSPS) is 14.7. The number of hydrogen-bond donors (Lipinski definition) is 1. The molecule has 1 N–H and O–H groups in total. The highest BCUT2D eigenvalue weighted by Crippen LogP contribution is 2.29. The number of likely N-dealkylation sites (tertiary alicyclic amines) is 1. The van der Waals surface area contributed by atoms with Gasteiger partial charge in [0, 0.05) is 18.8 Å². The van der Waals surface area contributed by atoms with Crippen LogP contribution in [-0.2, 0) is 17.8 Å². The van der Waals surface area contributed by atoms with Crippen molar-refractivity contribution in [2.24, 2.45) is 5.92 Å². The van der Waals surface area contributed by atoms with Crippen molar-refractivity contribution in [1.82, 2.24) is 20.0 Å². The second-order valence-electron chi connectivity index (χ2n) is 9.72. The SMILES string of the molecule is CCOc1ccccc1OC1CCN(CC(=O)NCc2cc(CC(C)C)n(-c3ccccc3)n2)CC1. The second-order valence-corrected chi connectivity index (χ2v) is 9.72. The van der Waals surface area contributed by atoms with E-state index in [1.54, 1.807) is 0 Å². The minimum atomic E-state index is 0.0238. The molecule has 1 aliphatic rings. The van der Waals surface area contributed by atoms with Crippen molar-refractivity contribution in [2.45, 2.75) is 52.7 Å². The molecule has 4 rings (SSSR count). The Balaban J connectivity index is 1.26. The molecule has 192 valence electrons. The Morgan fingerprint density at radius 1 is 1.06 bits per heavy atom. The maximum atomic E-state index is 12.7. The summed E-state index contributed by atoms with van der Waals surface area (Å²) in [5.74, 6) is 2.12. The summed E-state index contributed by atoms with van der Waals surface area (Å²) in [6, 6.07) is 20.1. The largest absolute Gasteiger partial charge is 0.490 e. The molecular formula is C29H38N4O3. The second kappa shape index (κ2) is 12.6. The minimum Gasteiger partial charge on any atom is -0.490 e. The number of para-hydroxylation sites is 3. The van der Waals surface area contributed by atoms with Gasteiger partial charge in [-0.3, -0.25) is 9.69 Å². The maximum absolute atomic E-state index is 12.7. The number of aromatic nitrogens is 2. The van der Waals surface area contributed by atoms with Crippen LogP contribution in [0.15, 0.2) is 60.7 Å². The number of benzene rings is 2. The van der Waals surface area contributed by atoms with E-state index in [1.165, 1.54) is 0 Å². The fraction of sp³-hybridized carbons (Fsp3) is 0.448. The summed E-state index contributed by atoms with van der Waals surface area (Å²) in [4.78, 5) is 14.9. The molecule has 1 aliphatic heterocycles. The summed E-state index contributed by atoms with van der Waals surface area (Å²) < 4.78 is 13.9. The first-order valence-electron chi connectivity index (χ1n) is 13.0. The first-order chi connectivity index (χ1) is 17.5. The maximum Gasteiger partial charge on any atom is 0.234 e. The van der Waals surface area contributed by atoms with E-state index in [1.807, 2.05) is 54.1 Å². The highest BCUT2D eigenvalue weighted by atomic mass is 16.5. The van der Waals surface area contributed by atoms with Crippen molar-refractivity contribution in [2.75, 3.05) is 26.2 Å². The molecule has 2 heterocycles. The lowest BCUT2D eigenvalue weighted by molar-refractivity contribution is -0.122. The van der Waals surface area contributed by atoms with E-state index >= 15 is 0 Å². The number of nitrogens with one attached hydrogen (secondary N) is 1. The van der Waals surface area contributed by atoms with Crippen molar-refractivity contribution < 1.29 is 14.3 Å². The van der Waals surface area contributed by atoms with Gasteiger partial charge in [0.05, 0.1) is 31.1 Å². The van der Waals surface area contributed by atoms with E-state index in [0.29, 0.717) is 25.6 Å². The van der Waals surface area contributed by atoms with E-state index in [9.17, 15) is 4.79 Å². The summed E-state index contributed by atoms with van der Waals surface area (Å²) in [5, 5.41) is 7.84. The Bertz CT molecular complexity index is 1100. The van der Waals surface area contributed by atoms with Crippen LogP contribution < -0.4 is 14.8 Å². The van der Waals surface area contributed by atoms with Gasteiger partial charge in [-0.25, -0.2) is 4.68 Å². The summed E-state index contributed by atoms with van der Waals surface area (Å²) in [7, 11) is 0. The van der Waals surface area contributed by atoms with Crippen LogP contribution in [-0.4, -0.2) is 52.9 Å². The van der Waals surface area contributed by atoms with Crippen LogP contribution in [0.1, 0.15) is 45.0 Å². The summed E-state index contributed by atoms with van der Waals surface area (Å²) in [5.41, 5.74) is 3.08. The van der Waals surface area contributed by atoms with E-state index in [-0.39, 0.29) is 12.0 Å². The van der Waals surface area contributed by atoms with Gasteiger partial charge in [-0.05, 0) is 62.4 Å². The predicted molar refractivity (Wildman–Crippen MR) is 142 cm³/mol. The van der Waals surface area contributed by atoms with Crippen molar-refractivity contribution in [3.05, 3.63) is 72.1 Å². The first kappa shape index (κ1) is 25.8. The number of piperidine rings is 1. The van der Waals surface area contributed by atoms with Gasteiger partial charge in [-0.1, -0.05) is 44.2 Å². The number of carbonyl (C=O) groups excluding carboxylic acids is 1. The highest BCUT2D eigenvalue weighted by molar-refractivity contribution is 5.78. The quantitative estimate of drug-likeness (QED) is 0.425. The van der Waals surface area contributed by atoms with Gasteiger partial charge in [-0.2, -0.15) is 5.10 Å². The fourth-order valence-corrected chi connectivity index (χ4v) is 4.55. The van der Waals surface area contributed by atoms with E-state index in [4.69, 9.17) is 14.6 Å². The van der Waals surface area contributed by atoms with Gasteiger partial charge in [-0.15, -0.1) is 0 Å². The molecule has 1 amide bonds. The molecule has 7 heteroatoms. The van der Waals surface area contributed by atoms with Crippen molar-refractivity contribution >= 4 is 5.91 Å². The van der Waals surface area contributed by atoms with Crippen LogP contribution in [0.2, 0.25) is 0 Å². The molecule has 2 aromatic carbocycles. The zero-order valence-electron chi connectivity index (χ0n) is 21.7. The fourth-order valence-electron chi connectivity index (χ4n) is 4.55. The average molecular weight is 491 g/mol. The van der Waals surface area contributed by atoms with Gasteiger partial charge >= 0.3 is 0 Å². The molecule has 3 aromatic rings. The molecule has 1 saturated heterocycles. The van der Waals surface area contributed by atoms with E-state index in [0.717, 1.165) is 60.9 Å². The van der Waals surface area contributed by atoms with Crippen LogP contribution in [0.25, 0.3) is 5.69 Å². The van der Waals surface area contributed by atoms with Gasteiger partial charge in [0.2, 0.25) is 5.91 Å². The van der Waals surface area contributed by atoms with Gasteiger partial charge < -0.3 is 14.8 Å². The monoisotopic (exact) mass is 490 g/mol. The zero-order valence-corrected chi connectivity index (χ0v) is 21.7. The lowest BCUT2D eigenvalue weighted by atomic mass is 10.1. The molecule has 36 heavy (non-hydrogen) atoms. The Hall–Kier alpha value is -3.32. The molecule has 0 bridgehead atoms. The first-order valence-corrected chi connectivity index (χ1v) is 13.0. The standard InChI is InChI=1S/C29H38N4O3/c1-4-35-27-12-8-9-13-28(27)36-26-14-16-32(17-15-26)21-29(34)30-20-23-19-25(18-22(2)3)33(31-23)24-10-6-5-7-11-24/h5-13,19,22,26H,4,14-18,20-21H2,1-3H3,(H,30,34). The number of rotatable bonds is 11. The third kappa shape index (κ3) is 7.10. The Kier molecular flexibility index (Phi) is 9.01. The molecular weight excluding hydrogens is 452 g/mol. The van der Waals surface area contributed by atoms with Crippen LogP contribution in [0, 0.1) is 5.92 Å². The third-order valence-electron chi connectivity index (χ3n) is 6.26. The van der Waals surface area contributed by atoms with E-state index < -0.39 is 0 Å². The molecule has 0 saturated carbocycles. The Morgan fingerprint density at radius 3 is 2.44 bits per heavy atom. The van der Waals surface area contributed by atoms with Crippen LogP contribution in [0.3, 0.4) is 0 Å². The summed E-state index contributed by atoms with van der Waals surface area (Å²) >= 11 is 0. The molecule has 7 nitrogen and oxygen atoms in total. The summed E-state index contributed by atoms with van der Waals surface area (Å²) in [6.45, 7) is 9.47. The topological polar surface area (TPSA) is 68.6 Å². The Labute approximate surface area is 214 Å². The Morgan fingerprint density at radius 2 is 1.75 bits per heavy atom. The van der Waals surface area contributed by atoms with Crippen LogP contribution in [0.4, 0.5) is 0 Å². The molecule has 1 aromatic heterocycles. The predicted octanol–water partition coefficient (Wildman–Crippen LogP) is 4.63. The average Bonchev–Trinajstić information content (AvgIpc) is 3.28. The number of carbonyl (C=O) groups is 1. The molecule has 0 spiro atoms. The molecule has 0 atom stereocenters.